The van der Waals surface area contributed by atoms with Crippen molar-refractivity contribution < 1.29 is 24.6 Å². The Balaban J connectivity index is 0. The van der Waals surface area contributed by atoms with Crippen molar-refractivity contribution in [3.8, 4) is 0 Å². The summed E-state index contributed by atoms with van der Waals surface area (Å²) in [6.07, 6.45) is 0. The van der Waals surface area contributed by atoms with Crippen LogP contribution in [0.1, 0.15) is 0 Å². The fraction of sp³-hybridized carbons (Fsp3) is 0. The molecule has 0 saturated heterocycles. The van der Waals surface area contributed by atoms with Crippen molar-refractivity contribution in [3.05, 3.63) is 15.3 Å². The van der Waals surface area contributed by atoms with E-state index in [1.165, 1.54) is 0 Å². The number of hydrogen-bond donors (Lipinski definition) is 0. The van der Waals surface area contributed by atoms with E-state index in [1.807, 2.05) is 0 Å². The molecule has 1 radical (unpaired) electrons. The summed E-state index contributed by atoms with van der Waals surface area (Å²) < 4.78 is 0. The first kappa shape index (κ1) is 8.85. The predicted molar refractivity (Wildman–Crippen MR) is 10.4 cm³/mol. The van der Waals surface area contributed by atoms with Gasteiger partial charge in [0, 0.05) is 0 Å². The Morgan fingerprint density at radius 1 is 1.40 bits per heavy atom. The zero-order valence-electron chi connectivity index (χ0n) is 2.03. The molecule has 29 valence electrons. The molecule has 0 heterocycles. The molecule has 0 aromatic rings. The van der Waals surface area contributed by atoms with Gasteiger partial charge in [-0.15, -0.1) is 0 Å². The van der Waals surface area contributed by atoms with Crippen LogP contribution < -0.4 is 0 Å². The summed E-state index contributed by atoms with van der Waals surface area (Å²) in [6, 6.07) is 0. The van der Waals surface area contributed by atoms with Crippen molar-refractivity contribution in [2.75, 3.05) is 0 Å². The Hall–Kier alpha value is -0.177. The van der Waals surface area contributed by atoms with Gasteiger partial charge in [0.1, 0.15) is 0 Å². The minimum Gasteiger partial charge on any atom is -0.356 e. The van der Waals surface area contributed by atoms with Crippen LogP contribution in [0.5, 0.6) is 0 Å². The van der Waals surface area contributed by atoms with E-state index in [-0.39, 0.29) is 19.5 Å². The smallest absolute Gasteiger partial charge is 0.356 e. The van der Waals surface area contributed by atoms with Crippen LogP contribution in [-0.2, 0) is 19.5 Å². The predicted octanol–water partition coefficient (Wildman–Crippen LogP) is -0.242. The molecule has 0 aliphatic rings. The summed E-state index contributed by atoms with van der Waals surface area (Å²) in [5.41, 5.74) is 0. The second-order valence-electron chi connectivity index (χ2n) is 0.224. The Morgan fingerprint density at radius 2 is 1.40 bits per heavy atom. The van der Waals surface area contributed by atoms with Crippen LogP contribution in [0, 0.1) is 15.3 Å². The van der Waals surface area contributed by atoms with Crippen molar-refractivity contribution in [2.24, 2.45) is 0 Å². The molecular weight excluding hydrogens is 163 g/mol. The molecule has 0 aromatic carbocycles. The van der Waals surface area contributed by atoms with Gasteiger partial charge in [0.25, 0.3) is 0 Å². The summed E-state index contributed by atoms with van der Waals surface area (Å²) >= 11 is 0. The quantitative estimate of drug-likeness (QED) is 0.281. The van der Waals surface area contributed by atoms with Crippen LogP contribution in [0.2, 0.25) is 0 Å². The van der Waals surface area contributed by atoms with E-state index >= 15 is 0 Å². The maximum absolute atomic E-state index is 8.25. The van der Waals surface area contributed by atoms with E-state index in [0.717, 1.165) is 0 Å². The van der Waals surface area contributed by atoms with E-state index in [9.17, 15) is 0 Å². The molecule has 0 saturated carbocycles. The van der Waals surface area contributed by atoms with Gasteiger partial charge in [-0.2, -0.15) is 0 Å². The molecule has 5 heavy (non-hydrogen) atoms. The zero-order valence-corrected chi connectivity index (χ0v) is 3.76. The molecule has 0 N–H and O–H groups in total. The molecule has 0 aliphatic carbocycles. The number of hydrogen-bond acceptors (Lipinski definition) is 3. The largest absolute Gasteiger partial charge is 3.00 e. The fourth-order valence-electron chi connectivity index (χ4n) is 0. The van der Waals surface area contributed by atoms with Gasteiger partial charge < -0.3 is 15.3 Å². The minimum absolute atomic E-state index is 0. The topological polar surface area (TPSA) is 66.2 Å². The van der Waals surface area contributed by atoms with Gasteiger partial charge in [-0.05, 0) is 0 Å². The van der Waals surface area contributed by atoms with E-state index in [4.69, 9.17) is 15.3 Å². The number of nitrogens with zero attached hydrogens (tertiary/aromatic N) is 1. The average molecular weight is 163 g/mol. The molecule has 0 aromatic heterocycles. The third kappa shape index (κ3) is 407. The van der Waals surface area contributed by atoms with Crippen molar-refractivity contribution in [1.29, 1.82) is 0 Å². The standard InChI is InChI=1S/NO3.Ru/c2-1(3)4;/q-1;+3. The average Bonchev–Trinajstić information content (AvgIpc) is 0.811. The van der Waals surface area contributed by atoms with Crippen molar-refractivity contribution >= 4 is 0 Å². The second kappa shape index (κ2) is 3.82. The molecule has 0 fully saturated rings. The minimum atomic E-state index is -1.75. The Bertz CT molecular complexity index is 29.9. The van der Waals surface area contributed by atoms with Crippen LogP contribution >= 0.6 is 0 Å². The third-order valence-electron chi connectivity index (χ3n) is 0. The first-order valence-electron chi connectivity index (χ1n) is 0.548. The SMILES string of the molecule is O=[N+]([O-])[O-].[Ru+3]. The van der Waals surface area contributed by atoms with Crippen LogP contribution in [0.4, 0.5) is 0 Å². The molecule has 0 unspecified atom stereocenters. The summed E-state index contributed by atoms with van der Waals surface area (Å²) in [7, 11) is 0. The molecular formula is NO3Ru+2. The Morgan fingerprint density at radius 3 is 1.40 bits per heavy atom. The molecule has 0 spiro atoms. The first-order valence-corrected chi connectivity index (χ1v) is 0.548. The van der Waals surface area contributed by atoms with Gasteiger partial charge in [-0.1, -0.05) is 0 Å². The van der Waals surface area contributed by atoms with E-state index in [0.29, 0.717) is 0 Å². The first-order chi connectivity index (χ1) is 1.73. The van der Waals surface area contributed by atoms with Crippen molar-refractivity contribution in [3.63, 3.8) is 0 Å². The maximum atomic E-state index is 8.25. The molecule has 5 heteroatoms. The van der Waals surface area contributed by atoms with Gasteiger partial charge >= 0.3 is 19.5 Å². The van der Waals surface area contributed by atoms with E-state index < -0.39 is 5.09 Å². The van der Waals surface area contributed by atoms with Crippen LogP contribution in [-0.4, -0.2) is 5.09 Å². The van der Waals surface area contributed by atoms with Gasteiger partial charge in [0.2, 0.25) is 0 Å². The Labute approximate surface area is 40.7 Å². The fourth-order valence-corrected chi connectivity index (χ4v) is 0. The second-order valence-corrected chi connectivity index (χ2v) is 0.224. The summed E-state index contributed by atoms with van der Waals surface area (Å²) in [6.45, 7) is 0. The normalized spacial score (nSPS) is 4.80. The summed E-state index contributed by atoms with van der Waals surface area (Å²) in [4.78, 5) is 8.25. The Kier molecular flexibility index (Phi) is 6.76. The van der Waals surface area contributed by atoms with Crippen molar-refractivity contribution in [1.82, 2.24) is 0 Å². The summed E-state index contributed by atoms with van der Waals surface area (Å²) in [5.74, 6) is 0. The number of rotatable bonds is 0. The van der Waals surface area contributed by atoms with Gasteiger partial charge in [-0.3, -0.25) is 0 Å². The maximum Gasteiger partial charge on any atom is 3.00 e. The van der Waals surface area contributed by atoms with Gasteiger partial charge in [-0.25, -0.2) is 0 Å². The molecule has 4 nitrogen and oxygen atoms in total. The molecule has 0 rings (SSSR count). The molecule has 0 aliphatic heterocycles. The van der Waals surface area contributed by atoms with Crippen LogP contribution in [0.3, 0.4) is 0 Å². The molecule has 0 bridgehead atoms. The third-order valence-corrected chi connectivity index (χ3v) is 0. The molecule has 0 atom stereocenters. The monoisotopic (exact) mass is 164 g/mol. The zero-order chi connectivity index (χ0) is 3.58. The van der Waals surface area contributed by atoms with Gasteiger partial charge in [0.05, 0.1) is 5.09 Å². The van der Waals surface area contributed by atoms with E-state index in [2.05, 4.69) is 0 Å². The summed E-state index contributed by atoms with van der Waals surface area (Å²) in [5, 5.41) is 14.8. The van der Waals surface area contributed by atoms with Crippen LogP contribution in [0.15, 0.2) is 0 Å². The van der Waals surface area contributed by atoms with Crippen LogP contribution in [0.25, 0.3) is 0 Å². The van der Waals surface area contributed by atoms with E-state index in [1.54, 1.807) is 0 Å². The van der Waals surface area contributed by atoms with Crippen molar-refractivity contribution in [2.45, 2.75) is 0 Å². The van der Waals surface area contributed by atoms with Gasteiger partial charge in [0.15, 0.2) is 0 Å². The molecule has 0 amide bonds.